The zero-order chi connectivity index (χ0) is 14.8. The van der Waals surface area contributed by atoms with Crippen molar-refractivity contribution in [2.24, 2.45) is 11.3 Å². The second kappa shape index (κ2) is 5.61. The maximum atomic E-state index is 12.6. The molecule has 0 bridgehead atoms. The van der Waals surface area contributed by atoms with Gasteiger partial charge in [0.1, 0.15) is 6.29 Å². The Morgan fingerprint density at radius 1 is 1.30 bits per heavy atom. The third kappa shape index (κ3) is 2.53. The number of amides is 1. The molecule has 3 heteroatoms. The Morgan fingerprint density at radius 3 is 2.55 bits per heavy atom. The van der Waals surface area contributed by atoms with Crippen molar-refractivity contribution < 1.29 is 9.59 Å². The van der Waals surface area contributed by atoms with E-state index in [9.17, 15) is 9.59 Å². The number of hydrogen-bond donors (Lipinski definition) is 0. The number of benzene rings is 1. The van der Waals surface area contributed by atoms with Gasteiger partial charge in [-0.2, -0.15) is 0 Å². The molecule has 0 spiro atoms. The molecular weight excluding hydrogens is 250 g/mol. The first kappa shape index (κ1) is 14.5. The topological polar surface area (TPSA) is 37.4 Å². The van der Waals surface area contributed by atoms with Crippen LogP contribution in [-0.2, 0) is 16.1 Å². The molecule has 1 saturated heterocycles. The summed E-state index contributed by atoms with van der Waals surface area (Å²) in [5.74, 6) is -0.0605. The Balaban J connectivity index is 2.20. The number of nitrogens with zero attached hydrogens (tertiary/aromatic N) is 1. The fourth-order valence-electron chi connectivity index (χ4n) is 2.84. The summed E-state index contributed by atoms with van der Waals surface area (Å²) in [7, 11) is 0. The average molecular weight is 271 g/mol. The summed E-state index contributed by atoms with van der Waals surface area (Å²) >= 11 is 0. The predicted molar refractivity (Wildman–Crippen MR) is 78.7 cm³/mol. The minimum Gasteiger partial charge on any atom is -0.312 e. The minimum absolute atomic E-state index is 0.0886. The van der Waals surface area contributed by atoms with Crippen LogP contribution >= 0.6 is 0 Å². The highest BCUT2D eigenvalue weighted by atomic mass is 16.2. The van der Waals surface area contributed by atoms with Gasteiger partial charge in [0.25, 0.3) is 0 Å². The SMILES string of the molecule is C=C1N(Cc2ccccc2)C(=O)C(CCC=O)C1(C)C. The number of hydrogen-bond acceptors (Lipinski definition) is 2. The Bertz CT molecular complexity index is 519. The lowest BCUT2D eigenvalue weighted by atomic mass is 9.77. The van der Waals surface area contributed by atoms with Crippen LogP contribution in [0.4, 0.5) is 0 Å². The molecule has 1 heterocycles. The van der Waals surface area contributed by atoms with Crippen molar-refractivity contribution in [3.63, 3.8) is 0 Å². The van der Waals surface area contributed by atoms with E-state index in [0.29, 0.717) is 19.4 Å². The van der Waals surface area contributed by atoms with Crippen LogP contribution in [0.3, 0.4) is 0 Å². The maximum Gasteiger partial charge on any atom is 0.231 e. The van der Waals surface area contributed by atoms with E-state index in [2.05, 4.69) is 6.58 Å². The summed E-state index contributed by atoms with van der Waals surface area (Å²) in [5, 5.41) is 0. The van der Waals surface area contributed by atoms with Crippen molar-refractivity contribution in [3.8, 4) is 0 Å². The van der Waals surface area contributed by atoms with Gasteiger partial charge in [-0.15, -0.1) is 0 Å². The molecule has 3 nitrogen and oxygen atoms in total. The van der Waals surface area contributed by atoms with E-state index in [1.54, 1.807) is 4.90 Å². The Hall–Kier alpha value is -1.90. The maximum absolute atomic E-state index is 12.6. The van der Waals surface area contributed by atoms with E-state index >= 15 is 0 Å². The molecule has 1 atom stereocenters. The molecule has 1 aromatic rings. The molecule has 0 radical (unpaired) electrons. The Kier molecular flexibility index (Phi) is 4.07. The number of carbonyl (C=O) groups excluding carboxylic acids is 2. The number of aldehydes is 1. The highest BCUT2D eigenvalue weighted by Crippen LogP contribution is 2.46. The van der Waals surface area contributed by atoms with Crippen LogP contribution in [-0.4, -0.2) is 17.1 Å². The Labute approximate surface area is 120 Å². The van der Waals surface area contributed by atoms with E-state index in [1.165, 1.54) is 0 Å². The molecule has 0 aromatic heterocycles. The van der Waals surface area contributed by atoms with Gasteiger partial charge in [-0.3, -0.25) is 4.79 Å². The van der Waals surface area contributed by atoms with E-state index in [0.717, 1.165) is 17.5 Å². The lowest BCUT2D eigenvalue weighted by molar-refractivity contribution is -0.131. The summed E-state index contributed by atoms with van der Waals surface area (Å²) in [6.07, 6.45) is 1.90. The summed E-state index contributed by atoms with van der Waals surface area (Å²) in [6.45, 7) is 8.74. The standard InChI is InChI=1S/C17H21NO2/c1-13-17(2,3)15(10-7-11-19)16(20)18(13)12-14-8-5-4-6-9-14/h4-6,8-9,11,15H,1,7,10,12H2,2-3H3. The van der Waals surface area contributed by atoms with Crippen molar-refractivity contribution in [1.82, 2.24) is 4.90 Å². The summed E-state index contributed by atoms with van der Waals surface area (Å²) in [5.41, 5.74) is 1.66. The largest absolute Gasteiger partial charge is 0.312 e. The smallest absolute Gasteiger partial charge is 0.231 e. The second-order valence-electron chi connectivity index (χ2n) is 5.87. The molecular formula is C17H21NO2. The van der Waals surface area contributed by atoms with E-state index < -0.39 is 0 Å². The fourth-order valence-corrected chi connectivity index (χ4v) is 2.84. The third-order valence-electron chi connectivity index (χ3n) is 4.26. The number of allylic oxidation sites excluding steroid dienone is 1. The van der Waals surface area contributed by atoms with E-state index in [-0.39, 0.29) is 17.2 Å². The third-order valence-corrected chi connectivity index (χ3v) is 4.26. The van der Waals surface area contributed by atoms with Gasteiger partial charge in [0, 0.05) is 23.5 Å². The van der Waals surface area contributed by atoms with Gasteiger partial charge in [-0.05, 0) is 12.0 Å². The van der Waals surface area contributed by atoms with Crippen LogP contribution in [0.1, 0.15) is 32.3 Å². The molecule has 1 fully saturated rings. The summed E-state index contributed by atoms with van der Waals surface area (Å²) in [6, 6.07) is 9.90. The van der Waals surface area contributed by atoms with Gasteiger partial charge in [0.05, 0.1) is 6.54 Å². The monoisotopic (exact) mass is 271 g/mol. The fraction of sp³-hybridized carbons (Fsp3) is 0.412. The zero-order valence-electron chi connectivity index (χ0n) is 12.1. The highest BCUT2D eigenvalue weighted by Gasteiger charge is 2.48. The highest BCUT2D eigenvalue weighted by molar-refractivity contribution is 5.85. The first-order valence-electron chi connectivity index (χ1n) is 6.96. The molecule has 1 unspecified atom stereocenters. The molecule has 0 saturated carbocycles. The summed E-state index contributed by atoms with van der Waals surface area (Å²) in [4.78, 5) is 24.9. The number of carbonyl (C=O) groups is 2. The molecule has 1 aliphatic rings. The summed E-state index contributed by atoms with van der Waals surface area (Å²) < 4.78 is 0. The van der Waals surface area contributed by atoms with Crippen LogP contribution in [0.25, 0.3) is 0 Å². The number of rotatable bonds is 5. The van der Waals surface area contributed by atoms with Crippen LogP contribution < -0.4 is 0 Å². The lowest BCUT2D eigenvalue weighted by Crippen LogP contribution is -2.26. The molecule has 1 aliphatic heterocycles. The molecule has 0 aliphatic carbocycles. The van der Waals surface area contributed by atoms with Crippen molar-refractivity contribution in [2.45, 2.75) is 33.2 Å². The Morgan fingerprint density at radius 2 is 1.95 bits per heavy atom. The minimum atomic E-state index is -0.283. The molecule has 0 N–H and O–H groups in total. The normalized spacial score (nSPS) is 21.3. The van der Waals surface area contributed by atoms with Gasteiger partial charge in [-0.25, -0.2) is 0 Å². The van der Waals surface area contributed by atoms with Gasteiger partial charge in [-0.1, -0.05) is 50.8 Å². The van der Waals surface area contributed by atoms with Gasteiger partial charge in [0.2, 0.25) is 5.91 Å². The van der Waals surface area contributed by atoms with Crippen molar-refractivity contribution in [1.29, 1.82) is 0 Å². The first-order valence-corrected chi connectivity index (χ1v) is 6.96. The predicted octanol–water partition coefficient (Wildman–Crippen LogP) is 3.16. The van der Waals surface area contributed by atoms with Crippen molar-refractivity contribution >= 4 is 12.2 Å². The molecule has 1 amide bonds. The van der Waals surface area contributed by atoms with Crippen LogP contribution in [0.2, 0.25) is 0 Å². The average Bonchev–Trinajstić information content (AvgIpc) is 2.59. The van der Waals surface area contributed by atoms with E-state index in [1.807, 2.05) is 44.2 Å². The molecule has 1 aromatic carbocycles. The molecule has 20 heavy (non-hydrogen) atoms. The van der Waals surface area contributed by atoms with Crippen molar-refractivity contribution in [3.05, 3.63) is 48.2 Å². The first-order chi connectivity index (χ1) is 9.48. The quantitative estimate of drug-likeness (QED) is 0.771. The van der Waals surface area contributed by atoms with E-state index in [4.69, 9.17) is 0 Å². The second-order valence-corrected chi connectivity index (χ2v) is 5.87. The number of likely N-dealkylation sites (tertiary alicyclic amines) is 1. The zero-order valence-corrected chi connectivity index (χ0v) is 12.1. The van der Waals surface area contributed by atoms with Gasteiger partial charge >= 0.3 is 0 Å². The van der Waals surface area contributed by atoms with Crippen molar-refractivity contribution in [2.75, 3.05) is 0 Å². The van der Waals surface area contributed by atoms with Crippen LogP contribution in [0, 0.1) is 11.3 Å². The molecule has 106 valence electrons. The van der Waals surface area contributed by atoms with Crippen LogP contribution in [0.15, 0.2) is 42.6 Å². The van der Waals surface area contributed by atoms with Crippen LogP contribution in [0.5, 0.6) is 0 Å². The molecule has 2 rings (SSSR count). The lowest BCUT2D eigenvalue weighted by Gasteiger charge is -2.25. The van der Waals surface area contributed by atoms with Gasteiger partial charge < -0.3 is 9.69 Å². The van der Waals surface area contributed by atoms with Gasteiger partial charge in [0.15, 0.2) is 0 Å².